The molecule has 5 heteroatoms. The van der Waals surface area contributed by atoms with Crippen molar-refractivity contribution in [2.24, 2.45) is 5.92 Å². The molecule has 0 unspecified atom stereocenters. The summed E-state index contributed by atoms with van der Waals surface area (Å²) >= 11 is 1.65. The van der Waals surface area contributed by atoms with Crippen molar-refractivity contribution >= 4 is 29.3 Å². The maximum Gasteiger partial charge on any atom is 0.243 e. The summed E-state index contributed by atoms with van der Waals surface area (Å²) in [7, 11) is 0. The molecule has 2 N–H and O–H groups in total. The molecule has 0 atom stereocenters. The van der Waals surface area contributed by atoms with E-state index in [9.17, 15) is 9.59 Å². The monoisotopic (exact) mass is 292 g/mol. The zero-order valence-corrected chi connectivity index (χ0v) is 12.5. The van der Waals surface area contributed by atoms with E-state index < -0.39 is 0 Å². The summed E-state index contributed by atoms with van der Waals surface area (Å²) in [5.41, 5.74) is 0.753. The fraction of sp³-hybridized carbons (Fsp3) is 0.467. The Kier molecular flexibility index (Phi) is 5.47. The summed E-state index contributed by atoms with van der Waals surface area (Å²) < 4.78 is 0. The van der Waals surface area contributed by atoms with Crippen LogP contribution in [0.15, 0.2) is 29.2 Å². The van der Waals surface area contributed by atoms with Gasteiger partial charge in [-0.1, -0.05) is 12.8 Å². The minimum Gasteiger partial charge on any atom is -0.347 e. The third-order valence-corrected chi connectivity index (χ3v) is 4.27. The summed E-state index contributed by atoms with van der Waals surface area (Å²) in [6, 6.07) is 7.64. The van der Waals surface area contributed by atoms with Crippen molar-refractivity contribution in [1.29, 1.82) is 0 Å². The molecule has 2 amide bonds. The largest absolute Gasteiger partial charge is 0.347 e. The number of hydrogen-bond donors (Lipinski definition) is 2. The summed E-state index contributed by atoms with van der Waals surface area (Å²) in [6.07, 6.45) is 6.14. The van der Waals surface area contributed by atoms with Crippen molar-refractivity contribution in [3.8, 4) is 0 Å². The van der Waals surface area contributed by atoms with Gasteiger partial charge in [-0.25, -0.2) is 0 Å². The molecule has 0 heterocycles. The SMILES string of the molecule is CSc1ccc(NC(=O)CNC(=O)C2CCCC2)cc1. The van der Waals surface area contributed by atoms with Crippen molar-refractivity contribution in [3.05, 3.63) is 24.3 Å². The van der Waals surface area contributed by atoms with Crippen molar-refractivity contribution in [2.75, 3.05) is 18.1 Å². The Bertz CT molecular complexity index is 467. The van der Waals surface area contributed by atoms with Crippen LogP contribution in [0.3, 0.4) is 0 Å². The highest BCUT2D eigenvalue weighted by Crippen LogP contribution is 2.24. The summed E-state index contributed by atoms with van der Waals surface area (Å²) in [5.74, 6) is -0.0766. The fourth-order valence-electron chi connectivity index (χ4n) is 2.38. The van der Waals surface area contributed by atoms with Crippen LogP contribution in [-0.4, -0.2) is 24.6 Å². The Morgan fingerprint density at radius 1 is 1.20 bits per heavy atom. The van der Waals surface area contributed by atoms with Gasteiger partial charge in [-0.15, -0.1) is 11.8 Å². The van der Waals surface area contributed by atoms with E-state index >= 15 is 0 Å². The lowest BCUT2D eigenvalue weighted by atomic mass is 10.1. The van der Waals surface area contributed by atoms with Gasteiger partial charge >= 0.3 is 0 Å². The molecule has 1 aromatic rings. The van der Waals surface area contributed by atoms with Crippen LogP contribution in [0.2, 0.25) is 0 Å². The fourth-order valence-corrected chi connectivity index (χ4v) is 2.79. The highest BCUT2D eigenvalue weighted by atomic mass is 32.2. The Hall–Kier alpha value is -1.49. The Morgan fingerprint density at radius 3 is 2.45 bits per heavy atom. The first-order valence-corrected chi connectivity index (χ1v) is 8.13. The number of nitrogens with one attached hydrogen (secondary N) is 2. The van der Waals surface area contributed by atoms with E-state index in [2.05, 4.69) is 10.6 Å². The van der Waals surface area contributed by atoms with E-state index in [0.29, 0.717) is 0 Å². The average molecular weight is 292 g/mol. The topological polar surface area (TPSA) is 58.2 Å². The van der Waals surface area contributed by atoms with Gasteiger partial charge in [0.25, 0.3) is 0 Å². The standard InChI is InChI=1S/C15H20N2O2S/c1-20-13-8-6-12(7-9-13)17-14(18)10-16-15(19)11-4-2-3-5-11/h6-9,11H,2-5,10H2,1H3,(H,16,19)(H,17,18). The molecule has 1 saturated carbocycles. The molecule has 1 aliphatic rings. The molecular formula is C15H20N2O2S. The molecule has 0 spiro atoms. The first kappa shape index (κ1) is 14.9. The van der Waals surface area contributed by atoms with Crippen LogP contribution >= 0.6 is 11.8 Å². The van der Waals surface area contributed by atoms with E-state index in [0.717, 1.165) is 36.3 Å². The van der Waals surface area contributed by atoms with Crippen LogP contribution in [0, 0.1) is 5.92 Å². The van der Waals surface area contributed by atoms with E-state index in [1.54, 1.807) is 11.8 Å². The maximum absolute atomic E-state index is 11.8. The van der Waals surface area contributed by atoms with Gasteiger partial charge in [0.15, 0.2) is 0 Å². The summed E-state index contributed by atoms with van der Waals surface area (Å²) in [5, 5.41) is 5.49. The third kappa shape index (κ3) is 4.27. The van der Waals surface area contributed by atoms with Crippen molar-refractivity contribution in [3.63, 3.8) is 0 Å². The van der Waals surface area contributed by atoms with E-state index in [4.69, 9.17) is 0 Å². The molecule has 2 rings (SSSR count). The number of hydrogen-bond acceptors (Lipinski definition) is 3. The van der Waals surface area contributed by atoms with Crippen molar-refractivity contribution in [1.82, 2.24) is 5.32 Å². The highest BCUT2D eigenvalue weighted by molar-refractivity contribution is 7.98. The lowest BCUT2D eigenvalue weighted by Crippen LogP contribution is -2.36. The normalized spacial score (nSPS) is 15.1. The predicted molar refractivity (Wildman–Crippen MR) is 81.8 cm³/mol. The lowest BCUT2D eigenvalue weighted by Gasteiger charge is -2.10. The molecule has 0 saturated heterocycles. The van der Waals surface area contributed by atoms with Crippen LogP contribution in [0.1, 0.15) is 25.7 Å². The zero-order chi connectivity index (χ0) is 14.4. The molecule has 0 aromatic heterocycles. The van der Waals surface area contributed by atoms with Crippen LogP contribution in [0.5, 0.6) is 0 Å². The van der Waals surface area contributed by atoms with E-state index in [1.165, 1.54) is 0 Å². The van der Waals surface area contributed by atoms with Gasteiger partial charge in [-0.3, -0.25) is 9.59 Å². The molecule has 4 nitrogen and oxygen atoms in total. The van der Waals surface area contributed by atoms with Gasteiger partial charge in [-0.2, -0.15) is 0 Å². The molecular weight excluding hydrogens is 272 g/mol. The number of benzene rings is 1. The second kappa shape index (κ2) is 7.33. The molecule has 1 fully saturated rings. The quantitative estimate of drug-likeness (QED) is 0.820. The Balaban J connectivity index is 1.75. The molecule has 1 aliphatic carbocycles. The predicted octanol–water partition coefficient (Wildman–Crippen LogP) is 2.65. The van der Waals surface area contributed by atoms with Crippen LogP contribution in [0.25, 0.3) is 0 Å². The number of amides is 2. The lowest BCUT2D eigenvalue weighted by molar-refractivity contribution is -0.127. The van der Waals surface area contributed by atoms with Gasteiger partial charge in [0.1, 0.15) is 0 Å². The van der Waals surface area contributed by atoms with Gasteiger partial charge in [0.2, 0.25) is 11.8 Å². The van der Waals surface area contributed by atoms with Crippen LogP contribution < -0.4 is 10.6 Å². The number of thioether (sulfide) groups is 1. The van der Waals surface area contributed by atoms with E-state index in [-0.39, 0.29) is 24.3 Å². The minimum atomic E-state index is -0.187. The number of anilines is 1. The highest BCUT2D eigenvalue weighted by Gasteiger charge is 2.22. The van der Waals surface area contributed by atoms with Gasteiger partial charge in [-0.05, 0) is 43.4 Å². The Labute approximate surface area is 123 Å². The summed E-state index contributed by atoms with van der Waals surface area (Å²) in [4.78, 5) is 24.7. The molecule has 0 aliphatic heterocycles. The second-order valence-electron chi connectivity index (χ2n) is 4.98. The number of carbonyl (C=O) groups is 2. The summed E-state index contributed by atoms with van der Waals surface area (Å²) in [6.45, 7) is 0.0413. The third-order valence-electron chi connectivity index (χ3n) is 3.52. The van der Waals surface area contributed by atoms with Crippen molar-refractivity contribution < 1.29 is 9.59 Å². The van der Waals surface area contributed by atoms with Gasteiger partial charge < -0.3 is 10.6 Å². The van der Waals surface area contributed by atoms with Gasteiger partial charge in [0, 0.05) is 16.5 Å². The first-order chi connectivity index (χ1) is 9.69. The Morgan fingerprint density at radius 2 is 1.85 bits per heavy atom. The zero-order valence-electron chi connectivity index (χ0n) is 11.6. The van der Waals surface area contributed by atoms with Crippen molar-refractivity contribution in [2.45, 2.75) is 30.6 Å². The second-order valence-corrected chi connectivity index (χ2v) is 5.86. The van der Waals surface area contributed by atoms with Crippen LogP contribution in [-0.2, 0) is 9.59 Å². The smallest absolute Gasteiger partial charge is 0.243 e. The first-order valence-electron chi connectivity index (χ1n) is 6.90. The molecule has 20 heavy (non-hydrogen) atoms. The maximum atomic E-state index is 11.8. The molecule has 0 radical (unpaired) electrons. The minimum absolute atomic E-state index is 0.00961. The number of carbonyl (C=O) groups excluding carboxylic acids is 2. The van der Waals surface area contributed by atoms with Crippen LogP contribution in [0.4, 0.5) is 5.69 Å². The average Bonchev–Trinajstić information content (AvgIpc) is 3.00. The molecule has 1 aromatic carbocycles. The molecule has 108 valence electrons. The molecule has 0 bridgehead atoms. The number of rotatable bonds is 5. The van der Waals surface area contributed by atoms with E-state index in [1.807, 2.05) is 30.5 Å². The van der Waals surface area contributed by atoms with Gasteiger partial charge in [0.05, 0.1) is 6.54 Å².